The highest BCUT2D eigenvalue weighted by atomic mass is 32.1. The lowest BCUT2D eigenvalue weighted by atomic mass is 9.79. The maximum atomic E-state index is 9.55. The van der Waals surface area contributed by atoms with Gasteiger partial charge in [0.25, 0.3) is 0 Å². The van der Waals surface area contributed by atoms with E-state index in [2.05, 4.69) is 56.4 Å². The van der Waals surface area contributed by atoms with E-state index in [0.717, 1.165) is 53.1 Å². The van der Waals surface area contributed by atoms with Gasteiger partial charge in [0.1, 0.15) is 22.6 Å². The van der Waals surface area contributed by atoms with Gasteiger partial charge in [-0.05, 0) is 49.6 Å². The number of fused-ring (bicyclic) bond motifs is 1. The van der Waals surface area contributed by atoms with Crippen LogP contribution in [0.4, 0.5) is 17.3 Å². The molecule has 1 aliphatic carbocycles. The molecule has 1 saturated carbocycles. The Balaban J connectivity index is 1.37. The van der Waals surface area contributed by atoms with Crippen LogP contribution >= 0.6 is 11.3 Å². The van der Waals surface area contributed by atoms with E-state index in [4.69, 9.17) is 0 Å². The van der Waals surface area contributed by atoms with E-state index in [1.807, 2.05) is 12.4 Å². The smallest absolute Gasteiger partial charge is 0.131 e. The van der Waals surface area contributed by atoms with E-state index >= 15 is 0 Å². The topological polar surface area (TPSA) is 68.1 Å². The Morgan fingerprint density at radius 1 is 1.14 bits per heavy atom. The van der Waals surface area contributed by atoms with Gasteiger partial charge in [-0.25, -0.2) is 9.97 Å². The van der Waals surface area contributed by atoms with Crippen LogP contribution in [0.2, 0.25) is 0 Å². The highest BCUT2D eigenvalue weighted by molar-refractivity contribution is 7.19. The second-order valence-electron chi connectivity index (χ2n) is 7.97. The van der Waals surface area contributed by atoms with Gasteiger partial charge in [0, 0.05) is 37.8 Å². The van der Waals surface area contributed by atoms with Crippen LogP contribution < -0.4 is 10.2 Å². The molecule has 0 spiro atoms. The number of nitriles is 1. The first kappa shape index (κ1) is 18.3. The summed E-state index contributed by atoms with van der Waals surface area (Å²) < 4.78 is 1.09. The van der Waals surface area contributed by atoms with E-state index in [0.29, 0.717) is 5.92 Å². The minimum Gasteiger partial charge on any atom is -0.354 e. The van der Waals surface area contributed by atoms with Crippen LogP contribution in [0.25, 0.3) is 10.1 Å². The Hall–Kier alpha value is -2.69. The van der Waals surface area contributed by atoms with Crippen LogP contribution in [-0.4, -0.2) is 48.1 Å². The molecule has 29 heavy (non-hydrogen) atoms. The zero-order chi connectivity index (χ0) is 19.8. The zero-order valence-electron chi connectivity index (χ0n) is 16.6. The number of thiophene rings is 1. The third kappa shape index (κ3) is 3.54. The summed E-state index contributed by atoms with van der Waals surface area (Å²) in [5, 5.41) is 14.1. The minimum atomic E-state index is 0.526. The van der Waals surface area contributed by atoms with Crippen molar-refractivity contribution in [3.8, 4) is 6.07 Å². The van der Waals surface area contributed by atoms with Gasteiger partial charge in [0.05, 0.1) is 16.6 Å². The fourth-order valence-electron chi connectivity index (χ4n) is 4.11. The lowest BCUT2D eigenvalue weighted by Gasteiger charge is -2.33. The molecule has 6 nitrogen and oxygen atoms in total. The molecule has 3 aromatic rings. The predicted octanol–water partition coefficient (Wildman–Crippen LogP) is 4.33. The first-order chi connectivity index (χ1) is 14.2. The number of hydrogen-bond donors (Lipinski definition) is 1. The lowest BCUT2D eigenvalue weighted by Crippen LogP contribution is -2.44. The Morgan fingerprint density at radius 3 is 2.62 bits per heavy atom. The Labute approximate surface area is 174 Å². The maximum absolute atomic E-state index is 9.55. The Bertz CT molecular complexity index is 1060. The normalized spacial score (nSPS) is 17.9. The van der Waals surface area contributed by atoms with Crippen molar-refractivity contribution < 1.29 is 0 Å². The molecule has 2 fully saturated rings. The van der Waals surface area contributed by atoms with Crippen LogP contribution in [-0.2, 0) is 0 Å². The summed E-state index contributed by atoms with van der Waals surface area (Å²) in [6.07, 6.45) is 7.39. The van der Waals surface area contributed by atoms with Crippen molar-refractivity contribution in [2.24, 2.45) is 0 Å². The number of nitrogens with one attached hydrogen (secondary N) is 1. The molecule has 3 aromatic heterocycles. The number of anilines is 3. The van der Waals surface area contributed by atoms with E-state index < -0.39 is 0 Å². The molecule has 7 heteroatoms. The second kappa shape index (κ2) is 7.62. The van der Waals surface area contributed by atoms with Crippen molar-refractivity contribution in [1.82, 2.24) is 14.9 Å². The number of nitrogens with zero attached hydrogens (tertiary/aromatic N) is 5. The van der Waals surface area contributed by atoms with Gasteiger partial charge < -0.3 is 15.1 Å². The predicted molar refractivity (Wildman–Crippen MR) is 118 cm³/mol. The number of aromatic nitrogens is 2. The first-order valence-electron chi connectivity index (χ1n) is 10.2. The summed E-state index contributed by atoms with van der Waals surface area (Å²) in [5.74, 6) is 2.35. The van der Waals surface area contributed by atoms with Crippen LogP contribution in [0.5, 0.6) is 0 Å². The van der Waals surface area contributed by atoms with Crippen LogP contribution in [0.1, 0.15) is 35.6 Å². The van der Waals surface area contributed by atoms with Crippen molar-refractivity contribution in [2.75, 3.05) is 43.4 Å². The highest BCUT2D eigenvalue weighted by Gasteiger charge is 2.26. The van der Waals surface area contributed by atoms with Gasteiger partial charge in [-0.2, -0.15) is 5.26 Å². The number of likely N-dealkylation sites (N-methyl/N-ethyl adjacent to an activating group) is 1. The molecule has 4 heterocycles. The molecule has 1 aliphatic heterocycles. The third-order valence-electron chi connectivity index (χ3n) is 6.08. The fourth-order valence-corrected chi connectivity index (χ4v) is 5.14. The molecule has 0 amide bonds. The van der Waals surface area contributed by atoms with E-state index in [-0.39, 0.29) is 0 Å². The number of piperazine rings is 1. The zero-order valence-corrected chi connectivity index (χ0v) is 17.4. The van der Waals surface area contributed by atoms with Crippen molar-refractivity contribution in [3.05, 3.63) is 41.0 Å². The Morgan fingerprint density at radius 2 is 1.97 bits per heavy atom. The van der Waals surface area contributed by atoms with Gasteiger partial charge in [-0.3, -0.25) is 0 Å². The second-order valence-corrected chi connectivity index (χ2v) is 9.02. The first-order valence-corrected chi connectivity index (χ1v) is 11.0. The van der Waals surface area contributed by atoms with Gasteiger partial charge in [-0.1, -0.05) is 6.42 Å². The number of hydrogen-bond acceptors (Lipinski definition) is 7. The van der Waals surface area contributed by atoms with E-state index in [1.54, 1.807) is 11.3 Å². The maximum Gasteiger partial charge on any atom is 0.131 e. The molecular weight excluding hydrogens is 380 g/mol. The summed E-state index contributed by atoms with van der Waals surface area (Å²) in [6.45, 7) is 4.16. The minimum absolute atomic E-state index is 0.526. The number of pyridine rings is 2. The highest BCUT2D eigenvalue weighted by Crippen LogP contribution is 2.45. The summed E-state index contributed by atoms with van der Waals surface area (Å²) in [6, 6.07) is 8.62. The standard InChI is InChI=1S/C22H24N6S/c1-27-7-9-28(10-8-27)21-6-5-16(13-25-21)26-20-11-17-19(14-24-20)29-18(12-23)22(17)15-3-2-4-15/h5-6,11,13-15H,2-4,7-10H2,1H3,(H,24,26). The van der Waals surface area contributed by atoms with Crippen molar-refractivity contribution in [2.45, 2.75) is 25.2 Å². The largest absolute Gasteiger partial charge is 0.354 e. The summed E-state index contributed by atoms with van der Waals surface area (Å²) in [4.78, 5) is 14.7. The molecule has 0 aromatic carbocycles. The molecule has 0 atom stereocenters. The molecule has 148 valence electrons. The number of rotatable bonds is 4. The van der Waals surface area contributed by atoms with Crippen LogP contribution in [0.3, 0.4) is 0 Å². The van der Waals surface area contributed by atoms with Crippen molar-refractivity contribution in [3.63, 3.8) is 0 Å². The molecule has 1 saturated heterocycles. The SMILES string of the molecule is CN1CCN(c2ccc(Nc3cc4c(C5CCC5)c(C#N)sc4cn3)cn2)CC1. The molecule has 1 N–H and O–H groups in total. The quantitative estimate of drug-likeness (QED) is 0.698. The van der Waals surface area contributed by atoms with Gasteiger partial charge >= 0.3 is 0 Å². The fraction of sp³-hybridized carbons (Fsp3) is 0.409. The Kier molecular flexibility index (Phi) is 4.82. The molecular formula is C22H24N6S. The van der Waals surface area contributed by atoms with Crippen LogP contribution in [0.15, 0.2) is 30.6 Å². The van der Waals surface area contributed by atoms with Crippen LogP contribution in [0, 0.1) is 11.3 Å². The molecule has 0 unspecified atom stereocenters. The summed E-state index contributed by atoms with van der Waals surface area (Å²) >= 11 is 1.56. The summed E-state index contributed by atoms with van der Waals surface area (Å²) in [5.41, 5.74) is 2.16. The molecule has 0 bridgehead atoms. The van der Waals surface area contributed by atoms with Gasteiger partial charge in [0.2, 0.25) is 0 Å². The monoisotopic (exact) mass is 404 g/mol. The average molecular weight is 405 g/mol. The lowest BCUT2D eigenvalue weighted by molar-refractivity contribution is 0.312. The third-order valence-corrected chi connectivity index (χ3v) is 7.14. The van der Waals surface area contributed by atoms with E-state index in [9.17, 15) is 5.26 Å². The van der Waals surface area contributed by atoms with Crippen molar-refractivity contribution in [1.29, 1.82) is 5.26 Å². The molecule has 5 rings (SSSR count). The van der Waals surface area contributed by atoms with Gasteiger partial charge in [0.15, 0.2) is 0 Å². The van der Waals surface area contributed by atoms with Crippen molar-refractivity contribution >= 4 is 38.7 Å². The molecule has 2 aliphatic rings. The molecule has 0 radical (unpaired) electrons. The summed E-state index contributed by atoms with van der Waals surface area (Å²) in [7, 11) is 2.16. The van der Waals surface area contributed by atoms with E-state index in [1.165, 1.54) is 30.2 Å². The van der Waals surface area contributed by atoms with Gasteiger partial charge in [-0.15, -0.1) is 11.3 Å². The average Bonchev–Trinajstić information content (AvgIpc) is 3.06.